The molecule has 0 aliphatic carbocycles. The summed E-state index contributed by atoms with van der Waals surface area (Å²) < 4.78 is 21.1. The molecule has 0 fully saturated rings. The first-order valence-corrected chi connectivity index (χ1v) is 5.59. The van der Waals surface area contributed by atoms with Gasteiger partial charge in [-0.25, -0.2) is 13.6 Å². The van der Waals surface area contributed by atoms with E-state index in [0.717, 1.165) is 5.69 Å². The van der Waals surface area contributed by atoms with E-state index in [1.54, 1.807) is 0 Å². The van der Waals surface area contributed by atoms with Crippen LogP contribution in [0.25, 0.3) is 0 Å². The summed E-state index contributed by atoms with van der Waals surface area (Å²) in [5.41, 5.74) is 0.895. The molecule has 0 bridgehead atoms. The zero-order chi connectivity index (χ0) is 9.73. The highest BCUT2D eigenvalue weighted by atomic mass is 32.2. The van der Waals surface area contributed by atoms with E-state index in [0.29, 0.717) is 6.54 Å². The largest absolute Gasteiger partial charge is 0.384 e. The van der Waals surface area contributed by atoms with Crippen LogP contribution in [0.5, 0.6) is 0 Å². The van der Waals surface area contributed by atoms with Crippen molar-refractivity contribution in [1.29, 1.82) is 0 Å². The van der Waals surface area contributed by atoms with Gasteiger partial charge in [0.05, 0.1) is 5.75 Å². The highest BCUT2D eigenvalue weighted by molar-refractivity contribution is 7.89. The van der Waals surface area contributed by atoms with Crippen LogP contribution < -0.4 is 10.5 Å². The second kappa shape index (κ2) is 4.25. The first-order chi connectivity index (χ1) is 6.08. The summed E-state index contributed by atoms with van der Waals surface area (Å²) in [6, 6.07) is 9.37. The molecule has 0 saturated heterocycles. The lowest BCUT2D eigenvalue weighted by Gasteiger charge is -2.03. The summed E-state index contributed by atoms with van der Waals surface area (Å²) in [7, 11) is -3.36. The van der Waals surface area contributed by atoms with Crippen molar-refractivity contribution >= 4 is 15.7 Å². The van der Waals surface area contributed by atoms with E-state index < -0.39 is 10.0 Å². The van der Waals surface area contributed by atoms with Crippen LogP contribution in [0.1, 0.15) is 0 Å². The minimum absolute atomic E-state index is 0.0537. The van der Waals surface area contributed by atoms with Crippen LogP contribution in [0.3, 0.4) is 0 Å². The van der Waals surface area contributed by atoms with E-state index in [4.69, 9.17) is 5.14 Å². The molecule has 0 unspecified atom stereocenters. The van der Waals surface area contributed by atoms with Gasteiger partial charge in [-0.2, -0.15) is 0 Å². The van der Waals surface area contributed by atoms with E-state index in [9.17, 15) is 8.42 Å². The van der Waals surface area contributed by atoms with Crippen LogP contribution in [0, 0.1) is 0 Å². The number of primary sulfonamides is 1. The van der Waals surface area contributed by atoms with Crippen LogP contribution in [-0.4, -0.2) is 20.7 Å². The Morgan fingerprint density at radius 2 is 1.85 bits per heavy atom. The number of hydrogen-bond donors (Lipinski definition) is 2. The van der Waals surface area contributed by atoms with Crippen molar-refractivity contribution in [1.82, 2.24) is 0 Å². The second-order valence-corrected chi connectivity index (χ2v) is 4.39. The van der Waals surface area contributed by atoms with Crippen molar-refractivity contribution in [2.75, 3.05) is 17.6 Å². The van der Waals surface area contributed by atoms with Gasteiger partial charge in [0, 0.05) is 12.2 Å². The van der Waals surface area contributed by atoms with Crippen LogP contribution in [0.4, 0.5) is 5.69 Å². The number of sulfonamides is 1. The lowest BCUT2D eigenvalue weighted by Crippen LogP contribution is -2.22. The molecule has 1 aromatic carbocycles. The molecule has 0 heterocycles. The first kappa shape index (κ1) is 10.0. The molecule has 0 aliphatic heterocycles. The van der Waals surface area contributed by atoms with E-state index in [1.165, 1.54) is 0 Å². The van der Waals surface area contributed by atoms with Crippen LogP contribution >= 0.6 is 0 Å². The van der Waals surface area contributed by atoms with E-state index in [-0.39, 0.29) is 5.75 Å². The predicted molar refractivity (Wildman–Crippen MR) is 52.9 cm³/mol. The van der Waals surface area contributed by atoms with Gasteiger partial charge in [0.2, 0.25) is 10.0 Å². The molecule has 0 spiro atoms. The molecule has 0 radical (unpaired) electrons. The van der Waals surface area contributed by atoms with Gasteiger partial charge < -0.3 is 5.32 Å². The zero-order valence-electron chi connectivity index (χ0n) is 7.10. The van der Waals surface area contributed by atoms with Gasteiger partial charge in [0.15, 0.2) is 0 Å². The number of anilines is 1. The zero-order valence-corrected chi connectivity index (χ0v) is 7.92. The highest BCUT2D eigenvalue weighted by Gasteiger charge is 2.00. The van der Waals surface area contributed by atoms with Gasteiger partial charge in [0.25, 0.3) is 0 Å². The summed E-state index contributed by atoms with van der Waals surface area (Å²) in [6.45, 7) is 0.336. The fraction of sp³-hybridized carbons (Fsp3) is 0.250. The lowest BCUT2D eigenvalue weighted by molar-refractivity contribution is 0.598. The monoisotopic (exact) mass is 200 g/mol. The van der Waals surface area contributed by atoms with Gasteiger partial charge >= 0.3 is 0 Å². The molecule has 4 nitrogen and oxygen atoms in total. The number of rotatable bonds is 4. The molecule has 1 aromatic rings. The third kappa shape index (κ3) is 4.49. The molecule has 5 heteroatoms. The van der Waals surface area contributed by atoms with E-state index in [1.807, 2.05) is 30.3 Å². The summed E-state index contributed by atoms with van der Waals surface area (Å²) in [5.74, 6) is -0.0537. The van der Waals surface area contributed by atoms with Crippen molar-refractivity contribution in [2.45, 2.75) is 0 Å². The molecule has 3 N–H and O–H groups in total. The Kier molecular flexibility index (Phi) is 3.27. The average Bonchev–Trinajstić information content (AvgIpc) is 2.04. The molecule has 0 amide bonds. The molecule has 0 aromatic heterocycles. The van der Waals surface area contributed by atoms with E-state index in [2.05, 4.69) is 5.32 Å². The molecule has 0 atom stereocenters. The third-order valence-electron chi connectivity index (χ3n) is 1.49. The number of para-hydroxylation sites is 1. The van der Waals surface area contributed by atoms with Crippen molar-refractivity contribution in [3.8, 4) is 0 Å². The maximum Gasteiger partial charge on any atom is 0.210 e. The average molecular weight is 200 g/mol. The summed E-state index contributed by atoms with van der Waals surface area (Å²) in [4.78, 5) is 0. The Morgan fingerprint density at radius 1 is 1.23 bits per heavy atom. The summed E-state index contributed by atoms with van der Waals surface area (Å²) in [6.07, 6.45) is 0. The minimum Gasteiger partial charge on any atom is -0.384 e. The van der Waals surface area contributed by atoms with Crippen LogP contribution in [-0.2, 0) is 10.0 Å². The Balaban J connectivity index is 2.37. The quantitative estimate of drug-likeness (QED) is 0.738. The highest BCUT2D eigenvalue weighted by Crippen LogP contribution is 2.03. The van der Waals surface area contributed by atoms with Gasteiger partial charge in [-0.15, -0.1) is 0 Å². The van der Waals surface area contributed by atoms with Crippen molar-refractivity contribution in [3.05, 3.63) is 30.3 Å². The third-order valence-corrected chi connectivity index (χ3v) is 2.26. The smallest absolute Gasteiger partial charge is 0.210 e. The molecule has 13 heavy (non-hydrogen) atoms. The SMILES string of the molecule is NS(=O)(=O)CCNc1ccccc1. The van der Waals surface area contributed by atoms with Crippen molar-refractivity contribution in [3.63, 3.8) is 0 Å². The molecular formula is C8H12N2O2S. The Hall–Kier alpha value is -1.07. The molecule has 1 rings (SSSR count). The van der Waals surface area contributed by atoms with Crippen molar-refractivity contribution in [2.24, 2.45) is 5.14 Å². The number of nitrogens with two attached hydrogens (primary N) is 1. The van der Waals surface area contributed by atoms with Gasteiger partial charge in [-0.1, -0.05) is 18.2 Å². The Labute approximate surface area is 77.8 Å². The maximum absolute atomic E-state index is 10.6. The molecule has 0 saturated carbocycles. The standard InChI is InChI=1S/C8H12N2O2S/c9-13(11,12)7-6-10-8-4-2-1-3-5-8/h1-5,10H,6-7H2,(H2,9,11,12). The Bertz CT molecular complexity index is 348. The predicted octanol–water partition coefficient (Wildman–Crippen LogP) is 0.387. The van der Waals surface area contributed by atoms with Crippen LogP contribution in [0.15, 0.2) is 30.3 Å². The van der Waals surface area contributed by atoms with Gasteiger partial charge in [-0.05, 0) is 12.1 Å². The fourth-order valence-corrected chi connectivity index (χ4v) is 1.28. The van der Waals surface area contributed by atoms with Crippen LogP contribution in [0.2, 0.25) is 0 Å². The molecule has 72 valence electrons. The van der Waals surface area contributed by atoms with Gasteiger partial charge in [0.1, 0.15) is 0 Å². The maximum atomic E-state index is 10.6. The first-order valence-electron chi connectivity index (χ1n) is 3.87. The summed E-state index contributed by atoms with van der Waals surface area (Å²) in [5, 5.41) is 7.77. The molecular weight excluding hydrogens is 188 g/mol. The van der Waals surface area contributed by atoms with E-state index >= 15 is 0 Å². The number of benzene rings is 1. The number of nitrogens with one attached hydrogen (secondary N) is 1. The Morgan fingerprint density at radius 3 is 2.38 bits per heavy atom. The fourth-order valence-electron chi connectivity index (χ4n) is 0.894. The minimum atomic E-state index is -3.36. The lowest BCUT2D eigenvalue weighted by atomic mass is 10.3. The second-order valence-electron chi connectivity index (χ2n) is 2.66. The molecule has 0 aliphatic rings. The van der Waals surface area contributed by atoms with Crippen molar-refractivity contribution < 1.29 is 8.42 Å². The summed E-state index contributed by atoms with van der Waals surface area (Å²) >= 11 is 0. The topological polar surface area (TPSA) is 72.2 Å². The normalized spacial score (nSPS) is 11.2. The number of hydrogen-bond acceptors (Lipinski definition) is 3. The van der Waals surface area contributed by atoms with Gasteiger partial charge in [-0.3, -0.25) is 0 Å².